The maximum atomic E-state index is 12.6. The second kappa shape index (κ2) is 6.71. The number of carbonyl (C=O) groups excluding carboxylic acids is 1. The van der Waals surface area contributed by atoms with Gasteiger partial charge in [0.15, 0.2) is 0 Å². The van der Waals surface area contributed by atoms with Crippen molar-refractivity contribution in [2.75, 3.05) is 30.9 Å². The molecule has 1 atom stereocenters. The zero-order chi connectivity index (χ0) is 15.4. The van der Waals surface area contributed by atoms with E-state index in [0.717, 1.165) is 5.75 Å². The van der Waals surface area contributed by atoms with Gasteiger partial charge in [0.05, 0.1) is 25.1 Å². The summed E-state index contributed by atoms with van der Waals surface area (Å²) in [4.78, 5) is 25.2. The van der Waals surface area contributed by atoms with E-state index in [1.54, 1.807) is 34.9 Å². The van der Waals surface area contributed by atoms with Crippen LogP contribution in [-0.4, -0.2) is 53.1 Å². The predicted octanol–water partition coefficient (Wildman–Crippen LogP) is 1.31. The molecule has 0 aliphatic carbocycles. The predicted molar refractivity (Wildman–Crippen MR) is 81.8 cm³/mol. The Balaban J connectivity index is 2.22. The number of carbonyl (C=O) groups is 2. The number of nitrogens with zero attached hydrogens (tertiary/aromatic N) is 1. The van der Waals surface area contributed by atoms with Crippen molar-refractivity contribution in [1.29, 1.82) is 0 Å². The van der Waals surface area contributed by atoms with E-state index >= 15 is 0 Å². The van der Waals surface area contributed by atoms with Gasteiger partial charge in [0.1, 0.15) is 5.75 Å². The monoisotopic (exact) mass is 310 g/mol. The second-order valence-electron chi connectivity index (χ2n) is 4.78. The molecular formula is C14H18N2O4S. The van der Waals surface area contributed by atoms with Gasteiger partial charge in [-0.05, 0) is 12.1 Å². The number of carboxylic acid groups (broad SMARTS) is 1. The number of nitrogens with two attached hydrogens (primary N) is 1. The number of anilines is 1. The number of thioether (sulfide) groups is 1. The summed E-state index contributed by atoms with van der Waals surface area (Å²) < 4.78 is 5.06. The van der Waals surface area contributed by atoms with Crippen molar-refractivity contribution in [3.8, 4) is 5.75 Å². The standard InChI is InChI=1S/C14H18N2O4S/c1-20-10-2-3-11(12(15)7-10)14(19)16-4-5-21-8-9(16)6-13(17)18/h2-3,7,9H,4-6,8,15H2,1H3,(H,17,18). The van der Waals surface area contributed by atoms with E-state index in [4.69, 9.17) is 15.6 Å². The average Bonchev–Trinajstić information content (AvgIpc) is 2.46. The number of methoxy groups -OCH3 is 1. The van der Waals surface area contributed by atoms with Gasteiger partial charge in [0.25, 0.3) is 5.91 Å². The van der Waals surface area contributed by atoms with Gasteiger partial charge >= 0.3 is 5.97 Å². The van der Waals surface area contributed by atoms with Crippen LogP contribution < -0.4 is 10.5 Å². The number of ether oxygens (including phenoxy) is 1. The third-order valence-corrected chi connectivity index (χ3v) is 4.48. The molecule has 0 saturated carbocycles. The molecule has 1 aliphatic heterocycles. The summed E-state index contributed by atoms with van der Waals surface area (Å²) in [7, 11) is 1.53. The summed E-state index contributed by atoms with van der Waals surface area (Å²) in [6, 6.07) is 4.60. The second-order valence-corrected chi connectivity index (χ2v) is 5.93. The molecule has 1 heterocycles. The van der Waals surface area contributed by atoms with Gasteiger partial charge in [-0.2, -0.15) is 11.8 Å². The lowest BCUT2D eigenvalue weighted by Gasteiger charge is -2.35. The first-order chi connectivity index (χ1) is 10.0. The molecule has 3 N–H and O–H groups in total. The van der Waals surface area contributed by atoms with Crippen LogP contribution in [0.2, 0.25) is 0 Å². The molecule has 1 unspecified atom stereocenters. The lowest BCUT2D eigenvalue weighted by atomic mass is 10.1. The Morgan fingerprint density at radius 2 is 2.29 bits per heavy atom. The molecule has 0 aromatic heterocycles. The van der Waals surface area contributed by atoms with E-state index in [2.05, 4.69) is 0 Å². The fourth-order valence-electron chi connectivity index (χ4n) is 2.31. The fourth-order valence-corrected chi connectivity index (χ4v) is 3.37. The van der Waals surface area contributed by atoms with Gasteiger partial charge in [0.2, 0.25) is 0 Å². The van der Waals surface area contributed by atoms with Crippen LogP contribution in [0.5, 0.6) is 5.75 Å². The molecule has 1 aliphatic rings. The van der Waals surface area contributed by atoms with Crippen LogP contribution in [0.15, 0.2) is 18.2 Å². The summed E-state index contributed by atoms with van der Waals surface area (Å²) in [5.41, 5.74) is 6.63. The number of amides is 1. The van der Waals surface area contributed by atoms with Gasteiger partial charge < -0.3 is 20.5 Å². The highest BCUT2D eigenvalue weighted by Gasteiger charge is 2.30. The highest BCUT2D eigenvalue weighted by Crippen LogP contribution is 2.25. The van der Waals surface area contributed by atoms with E-state index in [0.29, 0.717) is 29.3 Å². The van der Waals surface area contributed by atoms with Crippen LogP contribution in [0.3, 0.4) is 0 Å². The Kier molecular flexibility index (Phi) is 4.95. The molecule has 1 amide bonds. The van der Waals surface area contributed by atoms with Crippen molar-refractivity contribution in [2.45, 2.75) is 12.5 Å². The molecule has 0 spiro atoms. The summed E-state index contributed by atoms with van der Waals surface area (Å²) in [6.07, 6.45) is -0.0468. The Morgan fingerprint density at radius 1 is 1.52 bits per heavy atom. The van der Waals surface area contributed by atoms with Crippen LogP contribution in [0, 0.1) is 0 Å². The van der Waals surface area contributed by atoms with Crippen molar-refractivity contribution in [3.05, 3.63) is 23.8 Å². The number of nitrogen functional groups attached to an aromatic ring is 1. The van der Waals surface area contributed by atoms with Gasteiger partial charge in [-0.3, -0.25) is 9.59 Å². The summed E-state index contributed by atoms with van der Waals surface area (Å²) in [5, 5.41) is 8.97. The third kappa shape index (κ3) is 3.60. The van der Waals surface area contributed by atoms with Crippen LogP contribution in [0.25, 0.3) is 0 Å². The SMILES string of the molecule is COc1ccc(C(=O)N2CCSCC2CC(=O)O)c(N)c1. The molecule has 2 rings (SSSR count). The molecule has 7 heteroatoms. The molecule has 1 fully saturated rings. The molecule has 1 saturated heterocycles. The van der Waals surface area contributed by atoms with Gasteiger partial charge in [-0.25, -0.2) is 0 Å². The fraction of sp³-hybridized carbons (Fsp3) is 0.429. The van der Waals surface area contributed by atoms with Crippen molar-refractivity contribution in [1.82, 2.24) is 4.90 Å². The van der Waals surface area contributed by atoms with Gasteiger partial charge in [-0.1, -0.05) is 0 Å². The van der Waals surface area contributed by atoms with Gasteiger partial charge in [0, 0.05) is 29.8 Å². The van der Waals surface area contributed by atoms with Crippen molar-refractivity contribution < 1.29 is 19.4 Å². The number of rotatable bonds is 4. The summed E-state index contributed by atoms with van der Waals surface area (Å²) >= 11 is 1.66. The summed E-state index contributed by atoms with van der Waals surface area (Å²) in [6.45, 7) is 0.535. The highest BCUT2D eigenvalue weighted by atomic mass is 32.2. The molecule has 1 aromatic rings. The minimum Gasteiger partial charge on any atom is -0.497 e. The van der Waals surface area contributed by atoms with E-state index in [1.807, 2.05) is 0 Å². The first-order valence-electron chi connectivity index (χ1n) is 6.57. The topological polar surface area (TPSA) is 92.9 Å². The summed E-state index contributed by atoms with van der Waals surface area (Å²) in [5.74, 6) is 0.900. The lowest BCUT2D eigenvalue weighted by Crippen LogP contribution is -2.47. The largest absolute Gasteiger partial charge is 0.497 e. The van der Waals surface area contributed by atoms with Crippen LogP contribution in [0.1, 0.15) is 16.8 Å². The average molecular weight is 310 g/mol. The molecule has 1 aromatic carbocycles. The first kappa shape index (κ1) is 15.5. The minimum absolute atomic E-state index is 0.0468. The van der Waals surface area contributed by atoms with E-state index in [1.165, 1.54) is 7.11 Å². The zero-order valence-corrected chi connectivity index (χ0v) is 12.6. The van der Waals surface area contributed by atoms with Crippen LogP contribution >= 0.6 is 11.8 Å². The normalized spacial score (nSPS) is 18.3. The maximum absolute atomic E-state index is 12.6. The van der Waals surface area contributed by atoms with E-state index < -0.39 is 5.97 Å². The Hall–Kier alpha value is -1.89. The Bertz CT molecular complexity index is 550. The quantitative estimate of drug-likeness (QED) is 0.815. The van der Waals surface area contributed by atoms with E-state index in [-0.39, 0.29) is 18.4 Å². The molecule has 0 bridgehead atoms. The molecule has 21 heavy (non-hydrogen) atoms. The number of hydrogen-bond acceptors (Lipinski definition) is 5. The van der Waals surface area contributed by atoms with Crippen molar-refractivity contribution >= 4 is 29.3 Å². The van der Waals surface area contributed by atoms with Crippen LogP contribution in [-0.2, 0) is 4.79 Å². The highest BCUT2D eigenvalue weighted by molar-refractivity contribution is 7.99. The number of benzene rings is 1. The van der Waals surface area contributed by atoms with Crippen LogP contribution in [0.4, 0.5) is 5.69 Å². The van der Waals surface area contributed by atoms with Crippen molar-refractivity contribution in [2.24, 2.45) is 0 Å². The molecule has 0 radical (unpaired) electrons. The first-order valence-corrected chi connectivity index (χ1v) is 7.72. The lowest BCUT2D eigenvalue weighted by molar-refractivity contribution is -0.138. The van der Waals surface area contributed by atoms with Gasteiger partial charge in [-0.15, -0.1) is 0 Å². The smallest absolute Gasteiger partial charge is 0.305 e. The molecule has 6 nitrogen and oxygen atoms in total. The number of aliphatic carboxylic acids is 1. The maximum Gasteiger partial charge on any atom is 0.305 e. The van der Waals surface area contributed by atoms with Crippen molar-refractivity contribution in [3.63, 3.8) is 0 Å². The number of carboxylic acids is 1. The minimum atomic E-state index is -0.900. The molecule has 114 valence electrons. The number of hydrogen-bond donors (Lipinski definition) is 2. The molecular weight excluding hydrogens is 292 g/mol. The third-order valence-electron chi connectivity index (χ3n) is 3.39. The Labute approximate surface area is 127 Å². The zero-order valence-electron chi connectivity index (χ0n) is 11.7. The van der Waals surface area contributed by atoms with E-state index in [9.17, 15) is 9.59 Å². The Morgan fingerprint density at radius 3 is 2.90 bits per heavy atom.